The van der Waals surface area contributed by atoms with Crippen LogP contribution < -0.4 is 0 Å². The van der Waals surface area contributed by atoms with E-state index in [0.29, 0.717) is 42.1 Å². The van der Waals surface area contributed by atoms with Gasteiger partial charge in [0.2, 0.25) is 6.29 Å². The van der Waals surface area contributed by atoms with Crippen molar-refractivity contribution in [2.45, 2.75) is 91.8 Å². The number of fused-ring (bicyclic) bond motifs is 1. The fourth-order valence-corrected chi connectivity index (χ4v) is 6.52. The standard InChI is InChI=1S/C25H40O7S/c1-17-10-11-20-21(9-6-13-24(20,2)3)25(17,4)14-12-18(16-31-33(28,29)30)7-5-8-19-15-22(26)32-23(19)27/h9,15,17-18,20,23,27H,5-8,10-14,16H2,1-4H3,(H,28,29,30)/t17-,18+,20-,23+,25-/m0/s1. The molecule has 0 spiro atoms. The highest BCUT2D eigenvalue weighted by atomic mass is 32.3. The van der Waals surface area contributed by atoms with Crippen molar-refractivity contribution >= 4 is 16.4 Å². The van der Waals surface area contributed by atoms with E-state index in [1.165, 1.54) is 25.3 Å². The SMILES string of the molecule is C[C@H]1CC[C@H]2C(=CCCC2(C)C)[C@@]1(C)CC[C@@H](CCCC1=CC(=O)O[C@H]1O)COS(=O)(=O)O. The minimum absolute atomic E-state index is 0.0569. The van der Waals surface area contributed by atoms with E-state index >= 15 is 0 Å². The molecular formula is C25H40O7S. The molecule has 2 N–H and O–H groups in total. The maximum Gasteiger partial charge on any atom is 0.397 e. The second-order valence-corrected chi connectivity index (χ2v) is 12.2. The normalized spacial score (nSPS) is 32.5. The molecule has 1 fully saturated rings. The quantitative estimate of drug-likeness (QED) is 0.256. The van der Waals surface area contributed by atoms with E-state index in [4.69, 9.17) is 13.5 Å². The summed E-state index contributed by atoms with van der Waals surface area (Å²) >= 11 is 0. The van der Waals surface area contributed by atoms with Gasteiger partial charge in [-0.05, 0) is 86.4 Å². The molecule has 0 amide bonds. The molecule has 0 aromatic carbocycles. The highest BCUT2D eigenvalue weighted by Gasteiger charge is 2.47. The number of ether oxygens (including phenoxy) is 1. The lowest BCUT2D eigenvalue weighted by atomic mass is 9.52. The molecule has 1 aliphatic heterocycles. The van der Waals surface area contributed by atoms with E-state index in [9.17, 15) is 18.3 Å². The van der Waals surface area contributed by atoms with Gasteiger partial charge in [-0.15, -0.1) is 0 Å². The summed E-state index contributed by atoms with van der Waals surface area (Å²) in [5.74, 6) is 0.526. The van der Waals surface area contributed by atoms with Crippen LogP contribution in [0.5, 0.6) is 0 Å². The molecule has 0 aromatic rings. The number of hydrogen-bond donors (Lipinski definition) is 2. The second-order valence-electron chi connectivity index (χ2n) is 11.2. The largest absolute Gasteiger partial charge is 0.429 e. The molecule has 1 heterocycles. The fourth-order valence-electron chi connectivity index (χ4n) is 6.16. The molecule has 0 aromatic heterocycles. The van der Waals surface area contributed by atoms with Crippen molar-refractivity contribution in [3.63, 3.8) is 0 Å². The number of carbonyl (C=O) groups is 1. The lowest BCUT2D eigenvalue weighted by Gasteiger charge is -2.53. The first kappa shape index (κ1) is 26.4. The molecule has 33 heavy (non-hydrogen) atoms. The van der Waals surface area contributed by atoms with Crippen LogP contribution in [-0.2, 0) is 24.1 Å². The Kier molecular flexibility index (Phi) is 8.14. The highest BCUT2D eigenvalue weighted by molar-refractivity contribution is 7.80. The monoisotopic (exact) mass is 484 g/mol. The van der Waals surface area contributed by atoms with Gasteiger partial charge >= 0.3 is 16.4 Å². The van der Waals surface area contributed by atoms with Crippen LogP contribution in [0.3, 0.4) is 0 Å². The fraction of sp³-hybridized carbons (Fsp3) is 0.800. The number of cyclic esters (lactones) is 1. The molecule has 0 bridgehead atoms. The topological polar surface area (TPSA) is 110 Å². The van der Waals surface area contributed by atoms with Gasteiger partial charge in [-0.25, -0.2) is 8.98 Å². The molecule has 3 rings (SSSR count). The number of allylic oxidation sites excluding steroid dienone is 2. The Bertz CT molecular complexity index is 888. The van der Waals surface area contributed by atoms with E-state index in [1.807, 2.05) is 0 Å². The van der Waals surface area contributed by atoms with Gasteiger partial charge in [0, 0.05) is 11.6 Å². The smallest absolute Gasteiger partial charge is 0.397 e. The van der Waals surface area contributed by atoms with Crippen LogP contribution >= 0.6 is 0 Å². The Hall–Kier alpha value is -1.22. The number of aliphatic hydroxyl groups is 1. The van der Waals surface area contributed by atoms with Gasteiger partial charge in [0.1, 0.15) is 0 Å². The maximum atomic E-state index is 11.3. The maximum absolute atomic E-state index is 11.3. The summed E-state index contributed by atoms with van der Waals surface area (Å²) in [5, 5.41) is 9.77. The zero-order valence-electron chi connectivity index (χ0n) is 20.4. The van der Waals surface area contributed by atoms with Crippen molar-refractivity contribution in [1.29, 1.82) is 0 Å². The molecule has 0 saturated heterocycles. The average molecular weight is 485 g/mol. The predicted molar refractivity (Wildman–Crippen MR) is 125 cm³/mol. The molecule has 0 unspecified atom stereocenters. The average Bonchev–Trinajstić information content (AvgIpc) is 3.03. The second kappa shape index (κ2) is 10.2. The van der Waals surface area contributed by atoms with Gasteiger partial charge in [0.15, 0.2) is 0 Å². The minimum atomic E-state index is -4.51. The number of esters is 1. The predicted octanol–water partition coefficient (Wildman–Crippen LogP) is 4.97. The molecule has 3 aliphatic rings. The molecular weight excluding hydrogens is 444 g/mol. The van der Waals surface area contributed by atoms with E-state index < -0.39 is 22.7 Å². The van der Waals surface area contributed by atoms with E-state index in [1.54, 1.807) is 5.57 Å². The van der Waals surface area contributed by atoms with Gasteiger partial charge in [-0.1, -0.05) is 39.3 Å². The molecule has 2 aliphatic carbocycles. The van der Waals surface area contributed by atoms with Crippen LogP contribution in [0.15, 0.2) is 23.3 Å². The van der Waals surface area contributed by atoms with E-state index in [2.05, 4.69) is 33.8 Å². The number of rotatable bonds is 10. The van der Waals surface area contributed by atoms with Gasteiger partial charge in [-0.3, -0.25) is 4.55 Å². The van der Waals surface area contributed by atoms with Gasteiger partial charge < -0.3 is 9.84 Å². The minimum Gasteiger partial charge on any atom is -0.429 e. The lowest BCUT2D eigenvalue weighted by molar-refractivity contribution is -0.151. The molecule has 8 heteroatoms. The number of hydrogen-bond acceptors (Lipinski definition) is 6. The van der Waals surface area contributed by atoms with Crippen molar-refractivity contribution < 1.29 is 31.8 Å². The van der Waals surface area contributed by atoms with E-state index in [0.717, 1.165) is 19.3 Å². The summed E-state index contributed by atoms with van der Waals surface area (Å²) in [6.07, 6.45) is 10.8. The van der Waals surface area contributed by atoms with E-state index in [-0.39, 0.29) is 17.9 Å². The van der Waals surface area contributed by atoms with Crippen molar-refractivity contribution in [2.75, 3.05) is 6.61 Å². The van der Waals surface area contributed by atoms with Gasteiger partial charge in [0.05, 0.1) is 6.61 Å². The first-order valence-corrected chi connectivity index (χ1v) is 13.6. The van der Waals surface area contributed by atoms with Crippen molar-refractivity contribution in [3.8, 4) is 0 Å². The van der Waals surface area contributed by atoms with Crippen LogP contribution in [-0.4, -0.2) is 36.9 Å². The first-order chi connectivity index (χ1) is 15.3. The van der Waals surface area contributed by atoms with Crippen LogP contribution in [0, 0.1) is 28.6 Å². The molecule has 7 nitrogen and oxygen atoms in total. The summed E-state index contributed by atoms with van der Waals surface area (Å²) in [5.41, 5.74) is 2.47. The Morgan fingerprint density at radius 1 is 1.24 bits per heavy atom. The third-order valence-electron chi connectivity index (χ3n) is 8.56. The molecule has 188 valence electrons. The number of carbonyl (C=O) groups excluding carboxylic acids is 1. The zero-order chi connectivity index (χ0) is 24.4. The summed E-state index contributed by atoms with van der Waals surface area (Å²) in [6, 6.07) is 0. The van der Waals surface area contributed by atoms with Crippen molar-refractivity contribution in [1.82, 2.24) is 0 Å². The molecule has 0 radical (unpaired) electrons. The highest BCUT2D eigenvalue weighted by Crippen LogP contribution is 2.58. The van der Waals surface area contributed by atoms with Gasteiger partial charge in [-0.2, -0.15) is 8.42 Å². The number of aliphatic hydroxyl groups excluding tert-OH is 1. The van der Waals surface area contributed by atoms with Crippen LogP contribution in [0.1, 0.15) is 85.5 Å². The molecule has 1 saturated carbocycles. The lowest BCUT2D eigenvalue weighted by Crippen LogP contribution is -2.43. The Morgan fingerprint density at radius 2 is 1.97 bits per heavy atom. The van der Waals surface area contributed by atoms with Gasteiger partial charge in [0.25, 0.3) is 0 Å². The summed E-state index contributed by atoms with van der Waals surface area (Å²) in [7, 11) is -4.51. The Morgan fingerprint density at radius 3 is 2.61 bits per heavy atom. The van der Waals surface area contributed by atoms with Crippen molar-refractivity contribution in [2.24, 2.45) is 28.6 Å². The summed E-state index contributed by atoms with van der Waals surface area (Å²) in [4.78, 5) is 11.3. The third-order valence-corrected chi connectivity index (χ3v) is 8.99. The van der Waals surface area contributed by atoms with Crippen LogP contribution in [0.4, 0.5) is 0 Å². The zero-order valence-corrected chi connectivity index (χ0v) is 21.2. The third kappa shape index (κ3) is 6.47. The Balaban J connectivity index is 1.67. The summed E-state index contributed by atoms with van der Waals surface area (Å²) < 4.78 is 41.0. The Labute approximate surface area is 198 Å². The van der Waals surface area contributed by atoms with Crippen LogP contribution in [0.2, 0.25) is 0 Å². The van der Waals surface area contributed by atoms with Crippen LogP contribution in [0.25, 0.3) is 0 Å². The first-order valence-electron chi connectivity index (χ1n) is 12.2. The van der Waals surface area contributed by atoms with Crippen molar-refractivity contribution in [3.05, 3.63) is 23.3 Å². The summed E-state index contributed by atoms with van der Waals surface area (Å²) in [6.45, 7) is 9.37. The molecule has 5 atom stereocenters.